The maximum atomic E-state index is 12.3. The summed E-state index contributed by atoms with van der Waals surface area (Å²) in [4.78, 5) is 9.64. The highest BCUT2D eigenvalue weighted by Gasteiger charge is 2.01. The Morgan fingerprint density at radius 3 is 3.00 bits per heavy atom. The van der Waals surface area contributed by atoms with Gasteiger partial charge in [0.15, 0.2) is 5.82 Å². The predicted octanol–water partition coefficient (Wildman–Crippen LogP) is 1.42. The van der Waals surface area contributed by atoms with Gasteiger partial charge in [-0.15, -0.1) is 11.3 Å². The number of carbonyl (C=O) groups is 1. The molecule has 9 heavy (non-hydrogen) atoms. The molecule has 0 radical (unpaired) electrons. The van der Waals surface area contributed by atoms with Crippen molar-refractivity contribution in [3.8, 4) is 5.06 Å². The second-order valence-electron chi connectivity index (χ2n) is 1.27. The van der Waals surface area contributed by atoms with Crippen molar-refractivity contribution in [3.63, 3.8) is 0 Å². The van der Waals surface area contributed by atoms with E-state index in [0.29, 0.717) is 0 Å². The molecule has 0 N–H and O–H groups in total. The quantitative estimate of drug-likeness (QED) is 0.590. The van der Waals surface area contributed by atoms with Crippen molar-refractivity contribution in [1.29, 1.82) is 0 Å². The summed E-state index contributed by atoms with van der Waals surface area (Å²) in [6.07, 6.45) is 0. The molecule has 0 atom stereocenters. The summed E-state index contributed by atoms with van der Waals surface area (Å²) in [5.41, 5.74) is 0. The molecule has 0 fully saturated rings. The first-order valence-electron chi connectivity index (χ1n) is 2.18. The molecule has 1 aromatic heterocycles. The number of thiophene rings is 1. The summed E-state index contributed by atoms with van der Waals surface area (Å²) in [6.45, 7) is 0.203. The van der Waals surface area contributed by atoms with Crippen molar-refractivity contribution in [2.75, 3.05) is 0 Å². The molecule has 2 nitrogen and oxygen atoms in total. The second kappa shape index (κ2) is 2.59. The van der Waals surface area contributed by atoms with Crippen LogP contribution in [0.1, 0.15) is 0 Å². The summed E-state index contributed by atoms with van der Waals surface area (Å²) in [5.74, 6) is -0.493. The molecule has 0 bridgehead atoms. The second-order valence-corrected chi connectivity index (χ2v) is 2.15. The minimum atomic E-state index is -0.493. The van der Waals surface area contributed by atoms with Crippen LogP contribution in [0.3, 0.4) is 0 Å². The number of hydrogen-bond acceptors (Lipinski definition) is 3. The van der Waals surface area contributed by atoms with Gasteiger partial charge in [-0.25, -0.2) is 4.39 Å². The van der Waals surface area contributed by atoms with Crippen LogP contribution < -0.4 is 4.74 Å². The van der Waals surface area contributed by atoms with Gasteiger partial charge in [-0.1, -0.05) is 0 Å². The molecule has 0 saturated heterocycles. The number of ether oxygens (including phenoxy) is 1. The SMILES string of the molecule is O=COc1sccc1F. The van der Waals surface area contributed by atoms with Crippen LogP contribution in [0.15, 0.2) is 11.4 Å². The van der Waals surface area contributed by atoms with Crippen LogP contribution in [0, 0.1) is 5.82 Å². The normalized spacial score (nSPS) is 9.00. The molecule has 1 heterocycles. The van der Waals surface area contributed by atoms with Crippen molar-refractivity contribution in [3.05, 3.63) is 17.3 Å². The van der Waals surface area contributed by atoms with E-state index >= 15 is 0 Å². The van der Waals surface area contributed by atoms with E-state index in [2.05, 4.69) is 4.74 Å². The lowest BCUT2D eigenvalue weighted by Crippen LogP contribution is -1.86. The minimum Gasteiger partial charge on any atom is -0.414 e. The fourth-order valence-electron chi connectivity index (χ4n) is 0.408. The number of halogens is 1. The Hall–Kier alpha value is -0.900. The highest BCUT2D eigenvalue weighted by Crippen LogP contribution is 2.22. The molecule has 0 spiro atoms. The van der Waals surface area contributed by atoms with Gasteiger partial charge in [0, 0.05) is 0 Å². The van der Waals surface area contributed by atoms with E-state index in [4.69, 9.17) is 0 Å². The Kier molecular flexibility index (Phi) is 1.79. The Bertz CT molecular complexity index is 208. The van der Waals surface area contributed by atoms with E-state index in [-0.39, 0.29) is 11.5 Å². The van der Waals surface area contributed by atoms with Gasteiger partial charge in [0.05, 0.1) is 0 Å². The summed E-state index contributed by atoms with van der Waals surface area (Å²) in [6, 6.07) is 1.24. The first kappa shape index (κ1) is 6.22. The fraction of sp³-hybridized carbons (Fsp3) is 0. The summed E-state index contributed by atoms with van der Waals surface area (Å²) < 4.78 is 16.5. The highest BCUT2D eigenvalue weighted by molar-refractivity contribution is 7.11. The molecule has 0 saturated carbocycles. The third-order valence-corrected chi connectivity index (χ3v) is 1.52. The molecular formula is C5H3FO2S. The molecule has 48 valence electrons. The van der Waals surface area contributed by atoms with Gasteiger partial charge in [-0.2, -0.15) is 0 Å². The van der Waals surface area contributed by atoms with E-state index in [0.717, 1.165) is 11.3 Å². The Balaban J connectivity index is 2.80. The summed E-state index contributed by atoms with van der Waals surface area (Å²) in [5, 5.41) is 1.53. The largest absolute Gasteiger partial charge is 0.414 e. The molecular weight excluding hydrogens is 143 g/mol. The van der Waals surface area contributed by atoms with E-state index < -0.39 is 5.82 Å². The fourth-order valence-corrected chi connectivity index (χ4v) is 0.994. The van der Waals surface area contributed by atoms with Crippen LogP contribution >= 0.6 is 11.3 Å². The number of carbonyl (C=O) groups excluding carboxylic acids is 1. The van der Waals surface area contributed by atoms with Crippen LogP contribution in [0.2, 0.25) is 0 Å². The van der Waals surface area contributed by atoms with Gasteiger partial charge >= 0.3 is 0 Å². The lowest BCUT2D eigenvalue weighted by Gasteiger charge is -1.87. The van der Waals surface area contributed by atoms with E-state index in [9.17, 15) is 9.18 Å². The lowest BCUT2D eigenvalue weighted by atomic mass is 10.6. The lowest BCUT2D eigenvalue weighted by molar-refractivity contribution is -0.120. The van der Waals surface area contributed by atoms with Gasteiger partial charge < -0.3 is 4.74 Å². The molecule has 0 amide bonds. The summed E-state index contributed by atoms with van der Waals surface area (Å²) >= 11 is 1.05. The van der Waals surface area contributed by atoms with Crippen LogP contribution in [-0.2, 0) is 4.79 Å². The van der Waals surface area contributed by atoms with Crippen molar-refractivity contribution < 1.29 is 13.9 Å². The highest BCUT2D eigenvalue weighted by atomic mass is 32.1. The Morgan fingerprint density at radius 1 is 1.78 bits per heavy atom. The molecule has 4 heteroatoms. The van der Waals surface area contributed by atoms with Gasteiger partial charge in [0.2, 0.25) is 5.06 Å². The van der Waals surface area contributed by atoms with Crippen LogP contribution in [0.5, 0.6) is 5.06 Å². The first-order chi connectivity index (χ1) is 4.34. The maximum absolute atomic E-state index is 12.3. The third-order valence-electron chi connectivity index (χ3n) is 0.740. The zero-order chi connectivity index (χ0) is 6.69. The molecule has 1 aromatic rings. The molecule has 0 aromatic carbocycles. The molecule has 1 rings (SSSR count). The van der Waals surface area contributed by atoms with Crippen LogP contribution in [0.4, 0.5) is 4.39 Å². The van der Waals surface area contributed by atoms with Crippen molar-refractivity contribution in [1.82, 2.24) is 0 Å². The molecule has 0 aliphatic rings. The minimum absolute atomic E-state index is 0.0185. The van der Waals surface area contributed by atoms with Crippen molar-refractivity contribution >= 4 is 17.8 Å². The van der Waals surface area contributed by atoms with E-state index in [1.165, 1.54) is 11.4 Å². The zero-order valence-electron chi connectivity index (χ0n) is 4.33. The van der Waals surface area contributed by atoms with Gasteiger partial charge in [0.25, 0.3) is 6.47 Å². The van der Waals surface area contributed by atoms with Crippen molar-refractivity contribution in [2.24, 2.45) is 0 Å². The van der Waals surface area contributed by atoms with Gasteiger partial charge in [-0.05, 0) is 11.4 Å². The van der Waals surface area contributed by atoms with Crippen molar-refractivity contribution in [2.45, 2.75) is 0 Å². The third kappa shape index (κ3) is 1.26. The predicted molar refractivity (Wildman–Crippen MR) is 31.0 cm³/mol. The average Bonchev–Trinajstić information content (AvgIpc) is 2.18. The Morgan fingerprint density at radius 2 is 2.56 bits per heavy atom. The monoisotopic (exact) mass is 146 g/mol. The number of hydrogen-bond donors (Lipinski definition) is 0. The zero-order valence-corrected chi connectivity index (χ0v) is 5.15. The summed E-state index contributed by atoms with van der Waals surface area (Å²) in [7, 11) is 0. The smallest absolute Gasteiger partial charge is 0.299 e. The van der Waals surface area contributed by atoms with Crippen LogP contribution in [-0.4, -0.2) is 6.47 Å². The van der Waals surface area contributed by atoms with Crippen LogP contribution in [0.25, 0.3) is 0 Å². The molecule has 0 aliphatic carbocycles. The molecule has 0 aliphatic heterocycles. The number of rotatable bonds is 2. The average molecular weight is 146 g/mol. The van der Waals surface area contributed by atoms with E-state index in [1.54, 1.807) is 0 Å². The van der Waals surface area contributed by atoms with Gasteiger partial charge in [0.1, 0.15) is 0 Å². The van der Waals surface area contributed by atoms with E-state index in [1.807, 2.05) is 0 Å². The maximum Gasteiger partial charge on any atom is 0.299 e. The first-order valence-corrected chi connectivity index (χ1v) is 3.06. The molecule has 0 unspecified atom stereocenters. The standard InChI is InChI=1S/C5H3FO2S/c6-4-1-2-9-5(4)8-3-7/h1-3H. The van der Waals surface area contributed by atoms with Gasteiger partial charge in [-0.3, -0.25) is 4.79 Å². The Labute approximate surface area is 54.9 Å². The topological polar surface area (TPSA) is 26.3 Å².